The number of carbonyl (C=O) groups is 2. The summed E-state index contributed by atoms with van der Waals surface area (Å²) in [6.07, 6.45) is 0.973. The normalized spacial score (nSPS) is 12.6. The predicted octanol–water partition coefficient (Wildman–Crippen LogP) is 6.71. The third-order valence-electron chi connectivity index (χ3n) is 7.88. The second-order valence-corrected chi connectivity index (χ2v) is 13.6. The topological polar surface area (TPSA) is 86.8 Å². The smallest absolute Gasteiger partial charge is 0.264 e. The van der Waals surface area contributed by atoms with Crippen LogP contribution in [0.4, 0.5) is 5.69 Å². The SMILES string of the molecule is CC[C@H](C)NC(=O)[C@H](Cc1ccccc1)N(Cc1ccccc1C)C(=O)CN(c1ccc(Cl)cc1)S(=O)(=O)c1ccc(C)cc1. The summed E-state index contributed by atoms with van der Waals surface area (Å²) in [5.74, 6) is -0.807. The summed E-state index contributed by atoms with van der Waals surface area (Å²) in [6.45, 7) is 7.32. The van der Waals surface area contributed by atoms with E-state index < -0.39 is 28.5 Å². The first kappa shape index (κ1) is 33.7. The van der Waals surface area contributed by atoms with Gasteiger partial charge in [-0.05, 0) is 80.3 Å². The van der Waals surface area contributed by atoms with Crippen LogP contribution < -0.4 is 9.62 Å². The average Bonchev–Trinajstić information content (AvgIpc) is 3.03. The maximum Gasteiger partial charge on any atom is 0.264 e. The van der Waals surface area contributed by atoms with Crippen LogP contribution in [0.2, 0.25) is 5.02 Å². The van der Waals surface area contributed by atoms with Crippen LogP contribution in [0.5, 0.6) is 0 Å². The molecule has 0 aliphatic carbocycles. The molecular weight excluding hydrogens is 606 g/mol. The van der Waals surface area contributed by atoms with Crippen LogP contribution in [0.3, 0.4) is 0 Å². The van der Waals surface area contributed by atoms with Crippen molar-refractivity contribution in [3.05, 3.63) is 130 Å². The molecule has 0 heterocycles. The Bertz CT molecular complexity index is 1690. The summed E-state index contributed by atoms with van der Waals surface area (Å²) in [7, 11) is -4.18. The van der Waals surface area contributed by atoms with Crippen molar-refractivity contribution in [3.8, 4) is 0 Å². The number of benzene rings is 4. The number of anilines is 1. The molecule has 0 bridgehead atoms. The summed E-state index contributed by atoms with van der Waals surface area (Å²) in [5, 5.41) is 3.49. The van der Waals surface area contributed by atoms with Gasteiger partial charge in [-0.3, -0.25) is 13.9 Å². The molecule has 236 valence electrons. The Morgan fingerprint density at radius 3 is 2.09 bits per heavy atom. The molecular formula is C36H40ClN3O4S. The molecule has 1 N–H and O–H groups in total. The molecule has 45 heavy (non-hydrogen) atoms. The van der Waals surface area contributed by atoms with Crippen molar-refractivity contribution in [1.29, 1.82) is 0 Å². The van der Waals surface area contributed by atoms with E-state index in [9.17, 15) is 18.0 Å². The van der Waals surface area contributed by atoms with Gasteiger partial charge in [-0.2, -0.15) is 0 Å². The fourth-order valence-electron chi connectivity index (χ4n) is 4.94. The van der Waals surface area contributed by atoms with Gasteiger partial charge in [0.25, 0.3) is 10.0 Å². The van der Waals surface area contributed by atoms with Gasteiger partial charge in [-0.1, -0.05) is 90.8 Å². The summed E-state index contributed by atoms with van der Waals surface area (Å²) in [5.41, 5.74) is 3.89. The van der Waals surface area contributed by atoms with E-state index in [0.717, 1.165) is 26.6 Å². The van der Waals surface area contributed by atoms with Crippen LogP contribution in [0.1, 0.15) is 42.5 Å². The zero-order valence-electron chi connectivity index (χ0n) is 26.1. The van der Waals surface area contributed by atoms with Gasteiger partial charge in [-0.25, -0.2) is 8.42 Å². The molecule has 0 aliphatic heterocycles. The highest BCUT2D eigenvalue weighted by molar-refractivity contribution is 7.92. The van der Waals surface area contributed by atoms with Crippen LogP contribution >= 0.6 is 11.6 Å². The van der Waals surface area contributed by atoms with E-state index in [1.54, 1.807) is 36.4 Å². The number of amides is 2. The van der Waals surface area contributed by atoms with Crippen molar-refractivity contribution in [2.24, 2.45) is 0 Å². The molecule has 4 aromatic rings. The van der Waals surface area contributed by atoms with Crippen LogP contribution in [0.15, 0.2) is 108 Å². The highest BCUT2D eigenvalue weighted by Crippen LogP contribution is 2.27. The van der Waals surface area contributed by atoms with Gasteiger partial charge >= 0.3 is 0 Å². The second-order valence-electron chi connectivity index (χ2n) is 11.3. The lowest BCUT2D eigenvalue weighted by atomic mass is 10.0. The van der Waals surface area contributed by atoms with Crippen molar-refractivity contribution in [1.82, 2.24) is 10.2 Å². The van der Waals surface area contributed by atoms with Crippen LogP contribution in [-0.4, -0.2) is 43.8 Å². The molecule has 0 fully saturated rings. The van der Waals surface area contributed by atoms with Crippen LogP contribution in [0, 0.1) is 13.8 Å². The molecule has 4 rings (SSSR count). The van der Waals surface area contributed by atoms with Gasteiger partial charge < -0.3 is 10.2 Å². The number of halogens is 1. The second kappa shape index (κ2) is 15.2. The molecule has 2 amide bonds. The minimum absolute atomic E-state index is 0.0525. The van der Waals surface area contributed by atoms with Gasteiger partial charge in [0, 0.05) is 24.0 Å². The van der Waals surface area contributed by atoms with E-state index >= 15 is 0 Å². The summed E-state index contributed by atoms with van der Waals surface area (Å²) >= 11 is 6.15. The Morgan fingerprint density at radius 2 is 1.47 bits per heavy atom. The molecule has 2 atom stereocenters. The third kappa shape index (κ3) is 8.74. The maximum atomic E-state index is 14.5. The van der Waals surface area contributed by atoms with Gasteiger partial charge in [0.2, 0.25) is 11.8 Å². The van der Waals surface area contributed by atoms with E-state index in [1.165, 1.54) is 17.0 Å². The average molecular weight is 646 g/mol. The Morgan fingerprint density at radius 1 is 0.844 bits per heavy atom. The third-order valence-corrected chi connectivity index (χ3v) is 9.92. The summed E-state index contributed by atoms with van der Waals surface area (Å²) in [6, 6.07) is 29.0. The van der Waals surface area contributed by atoms with E-state index in [4.69, 9.17) is 11.6 Å². The minimum atomic E-state index is -4.18. The fourth-order valence-corrected chi connectivity index (χ4v) is 6.48. The zero-order valence-corrected chi connectivity index (χ0v) is 27.7. The molecule has 0 unspecified atom stereocenters. The highest BCUT2D eigenvalue weighted by Gasteiger charge is 2.35. The molecule has 0 aliphatic rings. The number of aryl methyl sites for hydroxylation is 2. The van der Waals surface area contributed by atoms with Crippen molar-refractivity contribution >= 4 is 39.1 Å². The number of nitrogens with one attached hydrogen (secondary N) is 1. The first-order valence-electron chi connectivity index (χ1n) is 15.0. The lowest BCUT2D eigenvalue weighted by Crippen LogP contribution is -2.54. The van der Waals surface area contributed by atoms with Crippen molar-refractivity contribution in [2.75, 3.05) is 10.8 Å². The van der Waals surface area contributed by atoms with E-state index in [2.05, 4.69) is 5.32 Å². The number of rotatable bonds is 13. The van der Waals surface area contributed by atoms with E-state index in [-0.39, 0.29) is 35.5 Å². The van der Waals surface area contributed by atoms with Gasteiger partial charge in [-0.15, -0.1) is 0 Å². The number of nitrogens with zero attached hydrogens (tertiary/aromatic N) is 2. The maximum absolute atomic E-state index is 14.5. The Hall–Kier alpha value is -4.14. The van der Waals surface area contributed by atoms with Crippen molar-refractivity contribution in [2.45, 2.75) is 64.1 Å². The summed E-state index contributed by atoms with van der Waals surface area (Å²) < 4.78 is 29.3. The number of hydrogen-bond donors (Lipinski definition) is 1. The Kier molecular flexibility index (Phi) is 11.4. The Labute approximate surface area is 271 Å². The lowest BCUT2D eigenvalue weighted by Gasteiger charge is -2.34. The monoisotopic (exact) mass is 645 g/mol. The standard InChI is InChI=1S/C36H40ClN3O4S/c1-5-28(4)38-36(42)34(23-29-12-7-6-8-13-29)39(24-30-14-10-9-11-27(30)3)35(41)25-40(32-19-17-31(37)18-20-32)45(43,44)33-21-15-26(2)16-22-33/h6-22,28,34H,5,23-25H2,1-4H3,(H,38,42)/t28-,34-/m0/s1. The Balaban J connectivity index is 1.81. The number of sulfonamides is 1. The highest BCUT2D eigenvalue weighted by atomic mass is 35.5. The zero-order chi connectivity index (χ0) is 32.6. The molecule has 9 heteroatoms. The minimum Gasteiger partial charge on any atom is -0.352 e. The van der Waals surface area contributed by atoms with Crippen LogP contribution in [0.25, 0.3) is 0 Å². The molecule has 0 spiro atoms. The van der Waals surface area contributed by atoms with Gasteiger partial charge in [0.1, 0.15) is 12.6 Å². The largest absolute Gasteiger partial charge is 0.352 e. The molecule has 4 aromatic carbocycles. The van der Waals surface area contributed by atoms with Crippen molar-refractivity contribution in [3.63, 3.8) is 0 Å². The van der Waals surface area contributed by atoms with Crippen LogP contribution in [-0.2, 0) is 32.6 Å². The van der Waals surface area contributed by atoms with Gasteiger partial charge in [0.15, 0.2) is 0 Å². The van der Waals surface area contributed by atoms with Gasteiger partial charge in [0.05, 0.1) is 10.6 Å². The molecule has 7 nitrogen and oxygen atoms in total. The number of hydrogen-bond acceptors (Lipinski definition) is 4. The molecule has 0 saturated carbocycles. The van der Waals surface area contributed by atoms with Crippen molar-refractivity contribution < 1.29 is 18.0 Å². The fraction of sp³-hybridized carbons (Fsp3) is 0.278. The predicted molar refractivity (Wildman–Crippen MR) is 181 cm³/mol. The molecule has 0 aromatic heterocycles. The first-order valence-corrected chi connectivity index (χ1v) is 16.8. The van der Waals surface area contributed by atoms with E-state index in [0.29, 0.717) is 11.4 Å². The quantitative estimate of drug-likeness (QED) is 0.175. The first-order chi connectivity index (χ1) is 21.5. The summed E-state index contributed by atoms with van der Waals surface area (Å²) in [4.78, 5) is 30.0. The number of carbonyl (C=O) groups excluding carboxylic acids is 2. The lowest BCUT2D eigenvalue weighted by molar-refractivity contribution is -0.140. The van der Waals surface area contributed by atoms with E-state index in [1.807, 2.05) is 82.3 Å². The molecule has 0 radical (unpaired) electrons. The molecule has 0 saturated heterocycles.